The van der Waals surface area contributed by atoms with Crippen LogP contribution in [0.2, 0.25) is 0 Å². The molecule has 1 aromatic heterocycles. The molecule has 1 rings (SSSR count). The van der Waals surface area contributed by atoms with Crippen molar-refractivity contribution in [3.63, 3.8) is 0 Å². The third-order valence-corrected chi connectivity index (χ3v) is 1.17. The average Bonchev–Trinajstić information content (AvgIpc) is 2.06. The Hall–Kier alpha value is -1.76. The molecule has 0 spiro atoms. The van der Waals surface area contributed by atoms with E-state index in [0.717, 1.165) is 0 Å². The van der Waals surface area contributed by atoms with Gasteiger partial charge in [0.2, 0.25) is 0 Å². The van der Waals surface area contributed by atoms with Crippen LogP contribution in [0.5, 0.6) is 5.75 Å². The fraction of sp³-hybridized carbons (Fsp3) is 0.143. The summed E-state index contributed by atoms with van der Waals surface area (Å²) in [6.45, 7) is 0. The van der Waals surface area contributed by atoms with Crippen molar-refractivity contribution in [3.8, 4) is 11.8 Å². The monoisotopic (exact) mass is 150 g/mol. The predicted molar refractivity (Wildman–Crippen MR) is 40.5 cm³/mol. The number of ether oxygens (including phenoxy) is 1. The van der Waals surface area contributed by atoms with E-state index in [0.29, 0.717) is 11.3 Å². The second-order valence-electron chi connectivity index (χ2n) is 1.78. The van der Waals surface area contributed by atoms with Crippen molar-refractivity contribution in [2.75, 3.05) is 7.11 Å². The molecule has 0 aliphatic carbocycles. The number of methoxy groups -OCH3 is 1. The molecule has 0 aliphatic rings. The molecule has 0 amide bonds. The van der Waals surface area contributed by atoms with Gasteiger partial charge < -0.3 is 9.94 Å². The number of hydrogen-bond donors (Lipinski definition) is 0. The van der Waals surface area contributed by atoms with Crippen LogP contribution in [0.3, 0.4) is 0 Å². The second-order valence-corrected chi connectivity index (χ2v) is 1.78. The minimum Gasteiger partial charge on any atom is -0.498 e. The van der Waals surface area contributed by atoms with Crippen LogP contribution in [0.1, 0.15) is 5.56 Å². The van der Waals surface area contributed by atoms with Crippen LogP contribution < -0.4 is 4.74 Å². The first-order valence-corrected chi connectivity index (χ1v) is 2.95. The quantitative estimate of drug-likeness (QED) is 0.566. The van der Waals surface area contributed by atoms with E-state index in [9.17, 15) is 5.21 Å². The zero-order chi connectivity index (χ0) is 8.10. The summed E-state index contributed by atoms with van der Waals surface area (Å²) in [4.78, 5) is 3.77. The number of hydrogen-bond acceptors (Lipinski definition) is 3. The first-order valence-electron chi connectivity index (χ1n) is 2.95. The Morgan fingerprint density at radius 1 is 1.73 bits per heavy atom. The Labute approximate surface area is 63.8 Å². The molecule has 0 aliphatic heterocycles. The maximum Gasteiger partial charge on any atom is 0.342 e. The van der Waals surface area contributed by atoms with Crippen molar-refractivity contribution in [3.05, 3.63) is 34.2 Å². The summed E-state index contributed by atoms with van der Waals surface area (Å²) in [5.74, 6) is 0.541. The zero-order valence-electron chi connectivity index (χ0n) is 5.94. The third kappa shape index (κ3) is 1.58. The van der Waals surface area contributed by atoms with Gasteiger partial charge in [-0.05, 0) is 6.07 Å². The van der Waals surface area contributed by atoms with Gasteiger partial charge in [0.05, 0.1) is 13.3 Å². The molecule has 0 saturated carbocycles. The minimum absolute atomic E-state index is 0.463. The molecule has 0 saturated heterocycles. The molecule has 0 radical (unpaired) electrons. The molecule has 11 heavy (non-hydrogen) atoms. The summed E-state index contributed by atoms with van der Waals surface area (Å²) in [6.07, 6.45) is 3.02. The highest BCUT2D eigenvalue weighted by Crippen LogP contribution is 2.13. The number of aromatic nitrogens is 1. The second kappa shape index (κ2) is 3.42. The zero-order valence-corrected chi connectivity index (χ0v) is 5.94. The van der Waals surface area contributed by atoms with E-state index < -0.39 is 0 Å². The number of pyridine rings is 1. The molecular formula is C7H6N2O2. The molecule has 0 unspecified atom stereocenters. The van der Waals surface area contributed by atoms with Crippen LogP contribution in [0.4, 0.5) is 0 Å². The Balaban J connectivity index is 3.09. The van der Waals surface area contributed by atoms with E-state index in [4.69, 9.17) is 4.74 Å². The lowest BCUT2D eigenvalue weighted by atomic mass is 10.3. The lowest BCUT2D eigenvalue weighted by Crippen LogP contribution is -1.87. The molecule has 4 heteroatoms. The highest BCUT2D eigenvalue weighted by Gasteiger charge is 2.02. The fourth-order valence-corrected chi connectivity index (χ4v) is 0.693. The van der Waals surface area contributed by atoms with Gasteiger partial charge in [0, 0.05) is 11.2 Å². The van der Waals surface area contributed by atoms with E-state index in [1.54, 1.807) is 12.3 Å². The predicted octanol–water partition coefficient (Wildman–Crippen LogP) is 1.27. The van der Waals surface area contributed by atoms with Gasteiger partial charge >= 0.3 is 6.07 Å². The van der Waals surface area contributed by atoms with Crippen LogP contribution in [0, 0.1) is 11.3 Å². The van der Waals surface area contributed by atoms with E-state index in [1.807, 2.05) is 0 Å². The summed E-state index contributed by atoms with van der Waals surface area (Å²) in [5, 5.41) is 12.3. The van der Waals surface area contributed by atoms with Crippen LogP contribution in [0.25, 0.3) is 5.01 Å². The SMILES string of the molecule is COc1ccncc1C#[N+][O-]. The van der Waals surface area contributed by atoms with Gasteiger partial charge in [0.15, 0.2) is 5.56 Å². The van der Waals surface area contributed by atoms with Crippen LogP contribution in [-0.2, 0) is 0 Å². The summed E-state index contributed by atoms with van der Waals surface area (Å²) in [6, 6.07) is 3.84. The summed E-state index contributed by atoms with van der Waals surface area (Å²) in [7, 11) is 1.51. The Morgan fingerprint density at radius 2 is 2.55 bits per heavy atom. The van der Waals surface area contributed by atoms with Gasteiger partial charge in [0.1, 0.15) is 5.75 Å². The normalized spacial score (nSPS) is 8.09. The minimum atomic E-state index is 0.463. The summed E-state index contributed by atoms with van der Waals surface area (Å²) >= 11 is 0. The molecule has 0 N–H and O–H groups in total. The van der Waals surface area contributed by atoms with E-state index in [2.05, 4.69) is 16.1 Å². The highest BCUT2D eigenvalue weighted by atomic mass is 16.5. The number of rotatable bonds is 1. The van der Waals surface area contributed by atoms with E-state index in [1.165, 1.54) is 13.3 Å². The van der Waals surface area contributed by atoms with Crippen molar-refractivity contribution >= 4 is 0 Å². The van der Waals surface area contributed by atoms with Crippen molar-refractivity contribution in [2.45, 2.75) is 0 Å². The van der Waals surface area contributed by atoms with Crippen molar-refractivity contribution < 1.29 is 4.74 Å². The first kappa shape index (κ1) is 7.35. The van der Waals surface area contributed by atoms with Gasteiger partial charge in [-0.1, -0.05) is 0 Å². The molecule has 0 fully saturated rings. The largest absolute Gasteiger partial charge is 0.498 e. The standard InChI is InChI=1S/C7H6N2O2/c1-11-7-2-3-8-4-6(7)5-9-10/h2-4H,1H3. The fourth-order valence-electron chi connectivity index (χ4n) is 0.693. The summed E-state index contributed by atoms with van der Waals surface area (Å²) < 4.78 is 4.90. The maximum absolute atomic E-state index is 9.80. The Morgan fingerprint density at radius 3 is 3.18 bits per heavy atom. The molecule has 0 atom stereocenters. The topological polar surface area (TPSA) is 49.5 Å². The van der Waals surface area contributed by atoms with Crippen LogP contribution >= 0.6 is 0 Å². The number of nitrogens with zero attached hydrogens (tertiary/aromatic N) is 2. The summed E-state index contributed by atoms with van der Waals surface area (Å²) in [5.41, 5.74) is 0.463. The highest BCUT2D eigenvalue weighted by molar-refractivity contribution is 5.41. The lowest BCUT2D eigenvalue weighted by molar-refractivity contribution is 0.413. The molecule has 0 bridgehead atoms. The molecular weight excluding hydrogens is 144 g/mol. The first-order chi connectivity index (χ1) is 5.38. The lowest BCUT2D eigenvalue weighted by Gasteiger charge is -1.96. The Kier molecular flexibility index (Phi) is 2.28. The molecule has 0 aromatic carbocycles. The van der Waals surface area contributed by atoms with Gasteiger partial charge in [-0.2, -0.15) is 0 Å². The van der Waals surface area contributed by atoms with Gasteiger partial charge in [-0.15, -0.1) is 0 Å². The van der Waals surface area contributed by atoms with Gasteiger partial charge in [0.25, 0.3) is 0 Å². The third-order valence-electron chi connectivity index (χ3n) is 1.17. The molecule has 1 aromatic rings. The van der Waals surface area contributed by atoms with E-state index in [-0.39, 0.29) is 0 Å². The van der Waals surface area contributed by atoms with Gasteiger partial charge in [-0.3, -0.25) is 4.98 Å². The van der Waals surface area contributed by atoms with Crippen molar-refractivity contribution in [1.82, 2.24) is 4.98 Å². The van der Waals surface area contributed by atoms with Crippen molar-refractivity contribution in [1.29, 1.82) is 0 Å². The molecule has 1 heterocycles. The van der Waals surface area contributed by atoms with Crippen LogP contribution in [-0.4, -0.2) is 12.1 Å². The molecule has 4 nitrogen and oxygen atoms in total. The van der Waals surface area contributed by atoms with Crippen molar-refractivity contribution in [2.24, 2.45) is 0 Å². The van der Waals surface area contributed by atoms with Crippen LogP contribution in [0.15, 0.2) is 18.5 Å². The average molecular weight is 150 g/mol. The van der Waals surface area contributed by atoms with E-state index >= 15 is 0 Å². The Bertz CT molecular complexity index is 301. The molecule has 56 valence electrons. The smallest absolute Gasteiger partial charge is 0.342 e. The van der Waals surface area contributed by atoms with Gasteiger partial charge in [-0.25, -0.2) is 0 Å². The maximum atomic E-state index is 9.80.